The van der Waals surface area contributed by atoms with Crippen LogP contribution in [0.5, 0.6) is 5.75 Å². The summed E-state index contributed by atoms with van der Waals surface area (Å²) in [5.41, 5.74) is -1.52. The van der Waals surface area contributed by atoms with Gasteiger partial charge in [0.15, 0.2) is 0 Å². The molecular weight excluding hydrogens is 402 g/mol. The summed E-state index contributed by atoms with van der Waals surface area (Å²) in [6.45, 7) is -0.290. The Kier molecular flexibility index (Phi) is 6.98. The van der Waals surface area contributed by atoms with Crippen LogP contribution in [0.25, 0.3) is 0 Å². The topological polar surface area (TPSA) is 50.4 Å². The number of urea groups is 1. The maximum Gasteiger partial charge on any atom is 0.416 e. The molecule has 0 radical (unpaired) electrons. The molecule has 2 rings (SSSR count). The van der Waals surface area contributed by atoms with Crippen molar-refractivity contribution in [3.8, 4) is 17.6 Å². The quantitative estimate of drug-likeness (QED) is 0.549. The highest BCUT2D eigenvalue weighted by molar-refractivity contribution is 5.89. The van der Waals surface area contributed by atoms with Gasteiger partial charge in [0.25, 0.3) is 0 Å². The van der Waals surface area contributed by atoms with Crippen LogP contribution in [0.4, 0.5) is 36.8 Å². The fraction of sp³-hybridized carbons (Fsp3) is 0.211. The zero-order chi connectivity index (χ0) is 21.5. The number of hydrogen-bond acceptors (Lipinski definition) is 2. The second kappa shape index (κ2) is 9.23. The van der Waals surface area contributed by atoms with Crippen molar-refractivity contribution in [2.75, 3.05) is 18.5 Å². The van der Waals surface area contributed by atoms with Crippen molar-refractivity contribution >= 4 is 11.7 Å². The van der Waals surface area contributed by atoms with Gasteiger partial charge in [-0.2, -0.15) is 26.3 Å². The van der Waals surface area contributed by atoms with Crippen LogP contribution in [0, 0.1) is 11.8 Å². The molecule has 10 heteroatoms. The van der Waals surface area contributed by atoms with Crippen molar-refractivity contribution in [3.05, 3.63) is 59.7 Å². The monoisotopic (exact) mass is 416 g/mol. The molecule has 4 nitrogen and oxygen atoms in total. The van der Waals surface area contributed by atoms with Crippen LogP contribution < -0.4 is 15.4 Å². The molecule has 2 aromatic rings. The SMILES string of the molecule is O=C(NCC#CCOc1cccc(C(F)(F)F)c1)Nc1ccc(C(F)(F)F)cc1. The Labute approximate surface area is 161 Å². The van der Waals surface area contributed by atoms with E-state index in [0.717, 1.165) is 36.4 Å². The summed E-state index contributed by atoms with van der Waals surface area (Å²) >= 11 is 0. The molecule has 0 aromatic heterocycles. The van der Waals surface area contributed by atoms with E-state index in [-0.39, 0.29) is 24.6 Å². The summed E-state index contributed by atoms with van der Waals surface area (Å²) in [6.07, 6.45) is -8.94. The Morgan fingerprint density at radius 1 is 0.897 bits per heavy atom. The third-order valence-corrected chi connectivity index (χ3v) is 3.40. The van der Waals surface area contributed by atoms with Gasteiger partial charge >= 0.3 is 18.4 Å². The van der Waals surface area contributed by atoms with E-state index in [9.17, 15) is 31.1 Å². The van der Waals surface area contributed by atoms with E-state index in [4.69, 9.17) is 4.74 Å². The Hall–Kier alpha value is -3.35. The first-order chi connectivity index (χ1) is 13.6. The third kappa shape index (κ3) is 7.29. The molecule has 0 aliphatic carbocycles. The lowest BCUT2D eigenvalue weighted by Crippen LogP contribution is -2.29. The predicted molar refractivity (Wildman–Crippen MR) is 93.2 cm³/mol. The van der Waals surface area contributed by atoms with E-state index < -0.39 is 29.5 Å². The number of carbonyl (C=O) groups is 1. The molecule has 0 heterocycles. The lowest BCUT2D eigenvalue weighted by atomic mass is 10.2. The van der Waals surface area contributed by atoms with E-state index in [2.05, 4.69) is 22.5 Å². The summed E-state index contributed by atoms with van der Waals surface area (Å²) in [7, 11) is 0. The van der Waals surface area contributed by atoms with Crippen LogP contribution in [0.15, 0.2) is 48.5 Å². The molecule has 0 saturated heterocycles. The summed E-state index contributed by atoms with van der Waals surface area (Å²) in [5, 5.41) is 4.69. The van der Waals surface area contributed by atoms with Gasteiger partial charge in [-0.25, -0.2) is 4.79 Å². The molecule has 0 fully saturated rings. The highest BCUT2D eigenvalue weighted by atomic mass is 19.4. The number of ether oxygens (including phenoxy) is 1. The third-order valence-electron chi connectivity index (χ3n) is 3.40. The molecule has 2 N–H and O–H groups in total. The second-order valence-electron chi connectivity index (χ2n) is 5.55. The van der Waals surface area contributed by atoms with Crippen LogP contribution in [0.3, 0.4) is 0 Å². The molecule has 0 spiro atoms. The molecule has 0 unspecified atom stereocenters. The normalized spacial score (nSPS) is 11.2. The molecule has 154 valence electrons. The van der Waals surface area contributed by atoms with Gasteiger partial charge in [-0.05, 0) is 42.5 Å². The standard InChI is InChI=1S/C19H14F6N2O2/c20-18(21,22)13-6-8-15(9-7-13)27-17(28)26-10-1-2-11-29-16-5-3-4-14(12-16)19(23,24)25/h3-9,12H,10-11H2,(H2,26,27,28). The van der Waals surface area contributed by atoms with E-state index in [0.29, 0.717) is 0 Å². The number of anilines is 1. The zero-order valence-electron chi connectivity index (χ0n) is 14.6. The first-order valence-corrected chi connectivity index (χ1v) is 8.03. The van der Waals surface area contributed by atoms with E-state index in [1.54, 1.807) is 0 Å². The molecule has 0 saturated carbocycles. The molecule has 29 heavy (non-hydrogen) atoms. The van der Waals surface area contributed by atoms with Crippen molar-refractivity contribution in [1.82, 2.24) is 5.32 Å². The maximum absolute atomic E-state index is 12.6. The minimum atomic E-state index is -4.48. The van der Waals surface area contributed by atoms with Gasteiger partial charge in [0.05, 0.1) is 17.7 Å². The Morgan fingerprint density at radius 2 is 1.55 bits per heavy atom. The Bertz CT molecular complexity index is 896. The van der Waals surface area contributed by atoms with Crippen LogP contribution in [-0.2, 0) is 12.4 Å². The van der Waals surface area contributed by atoms with E-state index >= 15 is 0 Å². The van der Waals surface area contributed by atoms with Gasteiger partial charge in [-0.15, -0.1) is 0 Å². The molecule has 0 aliphatic rings. The summed E-state index contributed by atoms with van der Waals surface area (Å²) < 4.78 is 80.2. The molecule has 0 atom stereocenters. The van der Waals surface area contributed by atoms with Gasteiger partial charge in [-0.1, -0.05) is 17.9 Å². The van der Waals surface area contributed by atoms with Crippen LogP contribution in [-0.4, -0.2) is 19.2 Å². The average molecular weight is 416 g/mol. The Balaban J connectivity index is 1.74. The number of alkyl halides is 6. The largest absolute Gasteiger partial charge is 0.481 e. The lowest BCUT2D eigenvalue weighted by molar-refractivity contribution is -0.138. The van der Waals surface area contributed by atoms with Crippen LogP contribution >= 0.6 is 0 Å². The lowest BCUT2D eigenvalue weighted by Gasteiger charge is -2.09. The van der Waals surface area contributed by atoms with E-state index in [1.807, 2.05) is 0 Å². The number of nitrogens with one attached hydrogen (secondary N) is 2. The first-order valence-electron chi connectivity index (χ1n) is 8.03. The smallest absolute Gasteiger partial charge is 0.416 e. The zero-order valence-corrected chi connectivity index (χ0v) is 14.6. The van der Waals surface area contributed by atoms with Crippen molar-refractivity contribution in [3.63, 3.8) is 0 Å². The Morgan fingerprint density at radius 3 is 2.17 bits per heavy atom. The molecule has 0 bridgehead atoms. The second-order valence-corrected chi connectivity index (χ2v) is 5.55. The van der Waals surface area contributed by atoms with Crippen molar-refractivity contribution in [2.45, 2.75) is 12.4 Å². The average Bonchev–Trinajstić information content (AvgIpc) is 2.64. The summed E-state index contributed by atoms with van der Waals surface area (Å²) in [4.78, 5) is 11.6. The highest BCUT2D eigenvalue weighted by Gasteiger charge is 2.31. The van der Waals surface area contributed by atoms with Crippen molar-refractivity contribution in [1.29, 1.82) is 0 Å². The number of halogens is 6. The summed E-state index contributed by atoms with van der Waals surface area (Å²) in [5.74, 6) is 5.04. The van der Waals surface area contributed by atoms with Gasteiger partial charge in [0.2, 0.25) is 0 Å². The summed E-state index contributed by atoms with van der Waals surface area (Å²) in [6, 6.07) is 7.52. The number of amides is 2. The van der Waals surface area contributed by atoms with Gasteiger partial charge in [0.1, 0.15) is 12.4 Å². The molecule has 2 aromatic carbocycles. The van der Waals surface area contributed by atoms with Crippen LogP contribution in [0.1, 0.15) is 11.1 Å². The number of hydrogen-bond donors (Lipinski definition) is 2. The van der Waals surface area contributed by atoms with Gasteiger partial charge in [0, 0.05) is 5.69 Å². The number of rotatable bonds is 4. The molecule has 2 amide bonds. The number of carbonyl (C=O) groups excluding carboxylic acids is 1. The molecule has 0 aliphatic heterocycles. The molecular formula is C19H14F6N2O2. The minimum absolute atomic E-state index is 0.00197. The predicted octanol–water partition coefficient (Wildman–Crippen LogP) is 4.93. The van der Waals surface area contributed by atoms with E-state index in [1.165, 1.54) is 12.1 Å². The number of benzene rings is 2. The minimum Gasteiger partial charge on any atom is -0.481 e. The highest BCUT2D eigenvalue weighted by Crippen LogP contribution is 2.31. The van der Waals surface area contributed by atoms with Crippen LogP contribution in [0.2, 0.25) is 0 Å². The fourth-order valence-electron chi connectivity index (χ4n) is 2.04. The van der Waals surface area contributed by atoms with Gasteiger partial charge in [-0.3, -0.25) is 0 Å². The van der Waals surface area contributed by atoms with Gasteiger partial charge < -0.3 is 15.4 Å². The first kappa shape index (κ1) is 21.9. The maximum atomic E-state index is 12.6. The fourth-order valence-corrected chi connectivity index (χ4v) is 2.04. The van der Waals surface area contributed by atoms with Crippen molar-refractivity contribution in [2.24, 2.45) is 0 Å². The van der Waals surface area contributed by atoms with Crippen molar-refractivity contribution < 1.29 is 35.9 Å².